The second kappa shape index (κ2) is 16.7. The quantitative estimate of drug-likeness (QED) is 0.150. The van der Waals surface area contributed by atoms with Gasteiger partial charge in [0.1, 0.15) is 0 Å². The molecule has 5 rings (SSSR count). The van der Waals surface area contributed by atoms with E-state index >= 15 is 0 Å². The van der Waals surface area contributed by atoms with Gasteiger partial charge in [-0.15, -0.1) is 0 Å². The highest BCUT2D eigenvalue weighted by molar-refractivity contribution is 7.91. The van der Waals surface area contributed by atoms with Crippen LogP contribution >= 0.6 is 0 Å². The average Bonchev–Trinajstić information content (AvgIpc) is 3.52. The summed E-state index contributed by atoms with van der Waals surface area (Å²) in [5.41, 5.74) is 9.12. The fraction of sp³-hybridized carbons (Fsp3) is 0.206. The highest BCUT2D eigenvalue weighted by Crippen LogP contribution is 2.27. The van der Waals surface area contributed by atoms with E-state index in [1.54, 1.807) is 91.0 Å². The van der Waals surface area contributed by atoms with Crippen molar-refractivity contribution < 1.29 is 41.4 Å². The number of fused-ring (bicyclic) bond motifs is 1. The summed E-state index contributed by atoms with van der Waals surface area (Å²) in [6.45, 7) is 0. The molecule has 0 radical (unpaired) electrons. The number of nitrogens with one attached hydrogen (secondary N) is 1. The molecule has 0 aliphatic rings. The van der Waals surface area contributed by atoms with E-state index < -0.39 is 19.7 Å². The number of aryl methyl sites for hydroxylation is 2. The molecule has 1 aromatic heterocycles. The maximum Gasteiger partial charge on any atom is 0.305 e. The summed E-state index contributed by atoms with van der Waals surface area (Å²) >= 11 is 0. The molecule has 0 bridgehead atoms. The highest BCUT2D eigenvalue weighted by atomic mass is 32.2. The van der Waals surface area contributed by atoms with Crippen molar-refractivity contribution in [2.45, 2.75) is 46.3 Å². The van der Waals surface area contributed by atoms with Gasteiger partial charge in [-0.2, -0.15) is 5.10 Å². The summed E-state index contributed by atoms with van der Waals surface area (Å²) < 4.78 is 59.7. The first-order chi connectivity index (χ1) is 22.4. The summed E-state index contributed by atoms with van der Waals surface area (Å²) in [5.74, 6) is -0.783. The maximum atomic E-state index is 12.8. The molecule has 1 heterocycles. The Balaban J connectivity index is 0.000000255. The third-order valence-electron chi connectivity index (χ3n) is 7.25. The lowest BCUT2D eigenvalue weighted by Gasteiger charge is -2.10. The Morgan fingerprint density at radius 3 is 1.81 bits per heavy atom. The van der Waals surface area contributed by atoms with Gasteiger partial charge in [-0.25, -0.2) is 16.8 Å². The summed E-state index contributed by atoms with van der Waals surface area (Å²) in [7, 11) is -4.47. The lowest BCUT2D eigenvalue weighted by atomic mass is 10.1. The van der Waals surface area contributed by atoms with E-state index in [4.69, 9.17) is 5.73 Å². The minimum atomic E-state index is -3.68. The number of benzene rings is 4. The lowest BCUT2D eigenvalue weighted by molar-refractivity contribution is -0.141. The van der Waals surface area contributed by atoms with Gasteiger partial charge in [-0.1, -0.05) is 54.6 Å². The monoisotopic (exact) mass is 695 g/mol. The maximum absolute atomic E-state index is 12.8. The first kappa shape index (κ1) is 37.4. The van der Waals surface area contributed by atoms with Gasteiger partial charge in [-0.3, -0.25) is 14.7 Å². The van der Waals surface area contributed by atoms with Crippen molar-refractivity contribution in [2.24, 2.45) is 0 Å². The summed E-state index contributed by atoms with van der Waals surface area (Å²) in [4.78, 5) is 22.9. The van der Waals surface area contributed by atoms with Crippen LogP contribution in [0.3, 0.4) is 0 Å². The van der Waals surface area contributed by atoms with Crippen LogP contribution in [0.15, 0.2) is 112 Å². The number of H-pyrrole nitrogens is 1. The minimum absolute atomic E-state index is 0. The van der Waals surface area contributed by atoms with Crippen molar-refractivity contribution in [1.82, 2.24) is 10.2 Å². The molecular weight excluding hydrogens is 659 g/mol. The minimum Gasteiger partial charge on any atom is -0.469 e. The molecule has 0 spiro atoms. The van der Waals surface area contributed by atoms with E-state index in [1.807, 2.05) is 6.07 Å². The smallest absolute Gasteiger partial charge is 0.305 e. The van der Waals surface area contributed by atoms with E-state index in [1.165, 1.54) is 14.2 Å². The van der Waals surface area contributed by atoms with Crippen LogP contribution in [0.1, 0.15) is 29.5 Å². The number of hydrogen-bond donors (Lipinski definition) is 2. The van der Waals surface area contributed by atoms with Gasteiger partial charge in [-0.05, 0) is 72.0 Å². The first-order valence-electron chi connectivity index (χ1n) is 14.5. The molecule has 4 aromatic carbocycles. The molecule has 254 valence electrons. The van der Waals surface area contributed by atoms with Crippen LogP contribution in [0.25, 0.3) is 10.9 Å². The number of nitrogens with two attached hydrogens (primary N) is 1. The number of carbonyl (C=O) groups excluding carboxylic acids is 2. The second-order valence-corrected chi connectivity index (χ2v) is 14.4. The topological polar surface area (TPSA) is 207 Å². The van der Waals surface area contributed by atoms with Crippen LogP contribution in [0, 0.1) is 0 Å². The Hall–Kier alpha value is -5.05. The van der Waals surface area contributed by atoms with E-state index in [0.29, 0.717) is 35.0 Å². The lowest BCUT2D eigenvalue weighted by Crippen LogP contribution is -2.08. The van der Waals surface area contributed by atoms with Gasteiger partial charge in [0.25, 0.3) is 0 Å². The zero-order valence-corrected chi connectivity index (χ0v) is 28.0. The molecule has 0 saturated heterocycles. The van der Waals surface area contributed by atoms with Crippen molar-refractivity contribution in [3.63, 3.8) is 0 Å². The largest absolute Gasteiger partial charge is 0.469 e. The van der Waals surface area contributed by atoms with Crippen LogP contribution in [-0.2, 0) is 57.3 Å². The van der Waals surface area contributed by atoms with Crippen LogP contribution in [0.2, 0.25) is 0 Å². The number of sulfone groups is 2. The molecule has 0 aliphatic heterocycles. The predicted molar refractivity (Wildman–Crippen MR) is 180 cm³/mol. The SMILES string of the molecule is COC(=O)CCc1ccc(N)c(CS(=O)(=O)c2ccccc2)c1.COC(=O)CCc1ccc2n[nH]c(S(=O)(=O)c3ccccc3)c2c1.O. The summed E-state index contributed by atoms with van der Waals surface area (Å²) in [6.07, 6.45) is 1.43. The molecule has 5 aromatic rings. The Morgan fingerprint density at radius 1 is 0.729 bits per heavy atom. The van der Waals surface area contributed by atoms with E-state index in [9.17, 15) is 26.4 Å². The van der Waals surface area contributed by atoms with E-state index in [-0.39, 0.29) is 50.8 Å². The molecule has 0 amide bonds. The fourth-order valence-electron chi connectivity index (χ4n) is 4.66. The predicted octanol–water partition coefficient (Wildman–Crippen LogP) is 4.02. The number of ether oxygens (including phenoxy) is 2. The normalized spacial score (nSPS) is 11.1. The molecular formula is C34H37N3O9S2. The number of hydrogen-bond acceptors (Lipinski definition) is 10. The number of nitrogens with zero attached hydrogens (tertiary/aromatic N) is 1. The zero-order valence-electron chi connectivity index (χ0n) is 26.4. The highest BCUT2D eigenvalue weighted by Gasteiger charge is 2.23. The number of aromatic amines is 1. The second-order valence-electron chi connectivity index (χ2n) is 10.5. The third kappa shape index (κ3) is 9.50. The number of esters is 2. The zero-order chi connectivity index (χ0) is 34.0. The first-order valence-corrected chi connectivity index (χ1v) is 17.6. The van der Waals surface area contributed by atoms with Gasteiger partial charge in [0.2, 0.25) is 9.84 Å². The van der Waals surface area contributed by atoms with Gasteiger partial charge in [0.05, 0.1) is 35.3 Å². The Morgan fingerprint density at radius 2 is 1.25 bits per heavy atom. The standard InChI is InChI=1S/C17H16N2O4S.C17H19NO4S.H2O/c1-23-16(20)10-8-12-7-9-15-14(11-12)17(19-18-15)24(21,22)13-5-3-2-4-6-13;1-22-17(19)10-8-13-7-9-16(18)14(11-13)12-23(20,21)15-5-3-2-4-6-15;/h2-7,9,11H,8,10H2,1H3,(H,18,19);2-7,9,11H,8,10,12,18H2,1H3;1H2. The van der Waals surface area contributed by atoms with E-state index in [2.05, 4.69) is 19.7 Å². The van der Waals surface area contributed by atoms with Crippen molar-refractivity contribution in [1.29, 1.82) is 0 Å². The Labute approximate surface area is 279 Å². The molecule has 14 heteroatoms. The van der Waals surface area contributed by atoms with Gasteiger partial charge in [0, 0.05) is 23.9 Å². The van der Waals surface area contributed by atoms with Crippen molar-refractivity contribution >= 4 is 48.2 Å². The molecule has 0 fully saturated rings. The number of rotatable bonds is 11. The number of methoxy groups -OCH3 is 2. The van der Waals surface area contributed by atoms with Crippen LogP contribution in [0.4, 0.5) is 5.69 Å². The van der Waals surface area contributed by atoms with Crippen molar-refractivity contribution in [2.75, 3.05) is 20.0 Å². The molecule has 0 saturated carbocycles. The van der Waals surface area contributed by atoms with Crippen molar-refractivity contribution in [3.8, 4) is 0 Å². The number of carbonyl (C=O) groups is 2. The fourth-order valence-corrected chi connectivity index (χ4v) is 7.43. The van der Waals surface area contributed by atoms with Crippen LogP contribution in [0.5, 0.6) is 0 Å². The Bertz CT molecular complexity index is 2070. The third-order valence-corrected chi connectivity index (χ3v) is 10.7. The van der Waals surface area contributed by atoms with Crippen molar-refractivity contribution in [3.05, 3.63) is 114 Å². The molecule has 48 heavy (non-hydrogen) atoms. The number of anilines is 1. The molecule has 12 nitrogen and oxygen atoms in total. The van der Waals surface area contributed by atoms with Crippen LogP contribution < -0.4 is 5.73 Å². The molecule has 0 atom stereocenters. The van der Waals surface area contributed by atoms with Crippen LogP contribution in [-0.4, -0.2) is 58.7 Å². The van der Waals surface area contributed by atoms with E-state index in [0.717, 1.165) is 11.1 Å². The van der Waals surface area contributed by atoms with Gasteiger partial charge in [0.15, 0.2) is 14.9 Å². The number of nitrogen functional groups attached to an aromatic ring is 1. The van der Waals surface area contributed by atoms with Gasteiger partial charge < -0.3 is 20.7 Å². The molecule has 0 aliphatic carbocycles. The molecule has 5 N–H and O–H groups in total. The summed E-state index contributed by atoms with van der Waals surface area (Å²) in [6, 6.07) is 27.0. The Kier molecular flexibility index (Phi) is 13.0. The molecule has 0 unspecified atom stereocenters. The average molecular weight is 696 g/mol. The number of aromatic nitrogens is 2. The summed E-state index contributed by atoms with van der Waals surface area (Å²) in [5, 5.41) is 7.27. The van der Waals surface area contributed by atoms with Gasteiger partial charge >= 0.3 is 11.9 Å².